The molecule has 5 nitrogen and oxygen atoms in total. The number of carbonyl (C=O) groups is 1. The summed E-state index contributed by atoms with van der Waals surface area (Å²) < 4.78 is 13.8. The second kappa shape index (κ2) is 8.60. The van der Waals surface area contributed by atoms with Crippen molar-refractivity contribution < 1.29 is 9.18 Å². The standard InChI is InChI=1S/C20H18ClFN4O/c1-13-24-18(12-19(25-13)26-17-5-3-2-4-16(17)22)20(27)23-11-10-14-6-8-15(21)9-7-14/h2-9,12H,10-11H2,1H3,(H,23,27)(H,24,25,26). The highest BCUT2D eigenvalue weighted by Crippen LogP contribution is 2.18. The van der Waals surface area contributed by atoms with E-state index in [2.05, 4.69) is 20.6 Å². The average molecular weight is 385 g/mol. The predicted octanol–water partition coefficient (Wildman–Crippen LogP) is 4.29. The summed E-state index contributed by atoms with van der Waals surface area (Å²) in [5.41, 5.74) is 1.57. The molecule has 0 aliphatic heterocycles. The first-order valence-corrected chi connectivity index (χ1v) is 8.79. The number of hydrogen-bond donors (Lipinski definition) is 2. The number of rotatable bonds is 6. The Balaban J connectivity index is 1.65. The lowest BCUT2D eigenvalue weighted by molar-refractivity contribution is 0.0949. The minimum absolute atomic E-state index is 0.220. The molecule has 138 valence electrons. The van der Waals surface area contributed by atoms with Crippen LogP contribution >= 0.6 is 11.6 Å². The van der Waals surface area contributed by atoms with Gasteiger partial charge >= 0.3 is 0 Å². The molecule has 3 aromatic rings. The van der Waals surface area contributed by atoms with E-state index in [1.807, 2.05) is 24.3 Å². The Hall–Kier alpha value is -2.99. The van der Waals surface area contributed by atoms with E-state index in [1.165, 1.54) is 12.1 Å². The van der Waals surface area contributed by atoms with Crippen LogP contribution in [-0.2, 0) is 6.42 Å². The van der Waals surface area contributed by atoms with Crippen LogP contribution in [0.4, 0.5) is 15.9 Å². The molecule has 7 heteroatoms. The van der Waals surface area contributed by atoms with Crippen LogP contribution in [-0.4, -0.2) is 22.4 Å². The second-order valence-electron chi connectivity index (χ2n) is 5.92. The molecule has 0 radical (unpaired) electrons. The number of aryl methyl sites for hydroxylation is 1. The molecule has 2 N–H and O–H groups in total. The summed E-state index contributed by atoms with van der Waals surface area (Å²) in [6.45, 7) is 2.14. The molecule has 0 bridgehead atoms. The van der Waals surface area contributed by atoms with Crippen molar-refractivity contribution in [1.29, 1.82) is 0 Å². The van der Waals surface area contributed by atoms with E-state index >= 15 is 0 Å². The Labute approximate surface area is 161 Å². The van der Waals surface area contributed by atoms with E-state index in [9.17, 15) is 9.18 Å². The van der Waals surface area contributed by atoms with Gasteiger partial charge in [0.15, 0.2) is 0 Å². The van der Waals surface area contributed by atoms with Crippen LogP contribution in [0.5, 0.6) is 0 Å². The molecule has 27 heavy (non-hydrogen) atoms. The third-order valence-electron chi connectivity index (χ3n) is 3.82. The third kappa shape index (κ3) is 5.24. The van der Waals surface area contributed by atoms with Crippen LogP contribution in [0.15, 0.2) is 54.6 Å². The lowest BCUT2D eigenvalue weighted by Gasteiger charge is -2.10. The zero-order chi connectivity index (χ0) is 19.2. The molecule has 0 unspecified atom stereocenters. The lowest BCUT2D eigenvalue weighted by atomic mass is 10.1. The molecule has 0 saturated heterocycles. The van der Waals surface area contributed by atoms with Gasteiger partial charge in [-0.2, -0.15) is 0 Å². The fraction of sp³-hybridized carbons (Fsp3) is 0.150. The van der Waals surface area contributed by atoms with Gasteiger partial charge in [-0.3, -0.25) is 4.79 Å². The number of carbonyl (C=O) groups excluding carboxylic acids is 1. The van der Waals surface area contributed by atoms with E-state index in [0.29, 0.717) is 29.6 Å². The Bertz CT molecular complexity index is 947. The van der Waals surface area contributed by atoms with Crippen molar-refractivity contribution in [3.05, 3.63) is 82.5 Å². The molecular weight excluding hydrogens is 367 g/mol. The number of anilines is 2. The van der Waals surface area contributed by atoms with Gasteiger partial charge in [0.25, 0.3) is 5.91 Å². The zero-order valence-corrected chi connectivity index (χ0v) is 15.4. The largest absolute Gasteiger partial charge is 0.350 e. The first-order chi connectivity index (χ1) is 13.0. The fourth-order valence-electron chi connectivity index (χ4n) is 2.51. The van der Waals surface area contributed by atoms with Crippen LogP contribution < -0.4 is 10.6 Å². The highest BCUT2D eigenvalue weighted by molar-refractivity contribution is 6.30. The Morgan fingerprint density at radius 1 is 1.11 bits per heavy atom. The number of halogens is 2. The maximum Gasteiger partial charge on any atom is 0.270 e. The van der Waals surface area contributed by atoms with Gasteiger partial charge in [0.05, 0.1) is 5.69 Å². The molecule has 0 fully saturated rings. The quantitative estimate of drug-likeness (QED) is 0.665. The number of amides is 1. The van der Waals surface area contributed by atoms with Gasteiger partial charge in [0.1, 0.15) is 23.2 Å². The molecule has 3 rings (SSSR count). The van der Waals surface area contributed by atoms with Crippen molar-refractivity contribution in [3.8, 4) is 0 Å². The van der Waals surface area contributed by atoms with E-state index in [0.717, 1.165) is 5.56 Å². The van der Waals surface area contributed by atoms with Crippen LogP contribution in [0.2, 0.25) is 5.02 Å². The van der Waals surface area contributed by atoms with Crippen LogP contribution in [0.25, 0.3) is 0 Å². The smallest absolute Gasteiger partial charge is 0.270 e. The predicted molar refractivity (Wildman–Crippen MR) is 104 cm³/mol. The van der Waals surface area contributed by atoms with Crippen LogP contribution in [0.3, 0.4) is 0 Å². The van der Waals surface area contributed by atoms with Gasteiger partial charge < -0.3 is 10.6 Å². The van der Waals surface area contributed by atoms with Crippen molar-refractivity contribution in [1.82, 2.24) is 15.3 Å². The summed E-state index contributed by atoms with van der Waals surface area (Å²) in [4.78, 5) is 20.8. The Kier molecular flexibility index (Phi) is 5.98. The van der Waals surface area contributed by atoms with Gasteiger partial charge in [-0.1, -0.05) is 35.9 Å². The Morgan fingerprint density at radius 3 is 2.59 bits per heavy atom. The Morgan fingerprint density at radius 2 is 1.85 bits per heavy atom. The van der Waals surface area contributed by atoms with Gasteiger partial charge in [-0.15, -0.1) is 0 Å². The van der Waals surface area contributed by atoms with Crippen molar-refractivity contribution in [2.75, 3.05) is 11.9 Å². The second-order valence-corrected chi connectivity index (χ2v) is 6.36. The molecule has 0 saturated carbocycles. The minimum atomic E-state index is -0.400. The summed E-state index contributed by atoms with van der Waals surface area (Å²) in [7, 11) is 0. The highest BCUT2D eigenvalue weighted by atomic mass is 35.5. The van der Waals surface area contributed by atoms with Crippen molar-refractivity contribution in [3.63, 3.8) is 0 Å². The minimum Gasteiger partial charge on any atom is -0.350 e. The number of nitrogens with one attached hydrogen (secondary N) is 2. The number of para-hydroxylation sites is 1. The van der Waals surface area contributed by atoms with Gasteiger partial charge in [0, 0.05) is 17.6 Å². The molecule has 2 aromatic carbocycles. The van der Waals surface area contributed by atoms with Crippen molar-refractivity contribution in [2.24, 2.45) is 0 Å². The number of benzene rings is 2. The van der Waals surface area contributed by atoms with E-state index < -0.39 is 5.82 Å². The highest BCUT2D eigenvalue weighted by Gasteiger charge is 2.11. The summed E-state index contributed by atoms with van der Waals surface area (Å²) in [6.07, 6.45) is 0.674. The molecule has 0 spiro atoms. The first-order valence-electron chi connectivity index (χ1n) is 8.41. The summed E-state index contributed by atoms with van der Waals surface area (Å²) >= 11 is 5.86. The molecule has 1 amide bonds. The van der Waals surface area contributed by atoms with E-state index in [-0.39, 0.29) is 17.3 Å². The molecule has 0 atom stereocenters. The molecule has 1 aromatic heterocycles. The molecular formula is C20H18ClFN4O. The summed E-state index contributed by atoms with van der Waals surface area (Å²) in [5.74, 6) is 0.0587. The fourth-order valence-corrected chi connectivity index (χ4v) is 2.64. The normalized spacial score (nSPS) is 10.5. The van der Waals surface area contributed by atoms with Crippen molar-refractivity contribution >= 4 is 29.0 Å². The van der Waals surface area contributed by atoms with Gasteiger partial charge in [-0.25, -0.2) is 14.4 Å². The SMILES string of the molecule is Cc1nc(Nc2ccccc2F)cc(C(=O)NCCc2ccc(Cl)cc2)n1. The average Bonchev–Trinajstić information content (AvgIpc) is 2.65. The maximum absolute atomic E-state index is 13.8. The van der Waals surface area contributed by atoms with E-state index in [1.54, 1.807) is 25.1 Å². The number of nitrogens with zero attached hydrogens (tertiary/aromatic N) is 2. The number of aromatic nitrogens is 2. The van der Waals surface area contributed by atoms with Crippen LogP contribution in [0, 0.1) is 12.7 Å². The zero-order valence-electron chi connectivity index (χ0n) is 14.7. The summed E-state index contributed by atoms with van der Waals surface area (Å²) in [5, 5.41) is 6.38. The maximum atomic E-state index is 13.8. The molecule has 0 aliphatic rings. The van der Waals surface area contributed by atoms with Crippen LogP contribution in [0.1, 0.15) is 21.9 Å². The molecule has 1 heterocycles. The lowest BCUT2D eigenvalue weighted by Crippen LogP contribution is -2.27. The van der Waals surface area contributed by atoms with E-state index in [4.69, 9.17) is 11.6 Å². The topological polar surface area (TPSA) is 66.9 Å². The van der Waals surface area contributed by atoms with Gasteiger partial charge in [-0.05, 0) is 43.2 Å². The molecule has 0 aliphatic carbocycles. The third-order valence-corrected chi connectivity index (χ3v) is 4.07. The number of hydrogen-bond acceptors (Lipinski definition) is 4. The van der Waals surface area contributed by atoms with Gasteiger partial charge in [0.2, 0.25) is 0 Å². The summed E-state index contributed by atoms with van der Waals surface area (Å²) in [6, 6.07) is 15.2. The van der Waals surface area contributed by atoms with Crippen molar-refractivity contribution in [2.45, 2.75) is 13.3 Å². The first kappa shape index (κ1) is 18.8. The monoisotopic (exact) mass is 384 g/mol.